The van der Waals surface area contributed by atoms with Crippen LogP contribution in [0.25, 0.3) is 11.5 Å². The maximum absolute atomic E-state index is 10.3. The van der Waals surface area contributed by atoms with Crippen molar-refractivity contribution in [2.45, 2.75) is 12.8 Å². The number of aromatic amines is 1. The van der Waals surface area contributed by atoms with Crippen molar-refractivity contribution >= 4 is 5.97 Å². The zero-order chi connectivity index (χ0) is 10.7. The third kappa shape index (κ3) is 2.19. The fourth-order valence-electron chi connectivity index (χ4n) is 1.06. The molecule has 7 heteroatoms. The average Bonchev–Trinajstić information content (AvgIpc) is 2.85. The van der Waals surface area contributed by atoms with Crippen molar-refractivity contribution in [3.63, 3.8) is 0 Å². The first-order valence-electron chi connectivity index (χ1n) is 4.30. The third-order valence-corrected chi connectivity index (χ3v) is 1.76. The van der Waals surface area contributed by atoms with Gasteiger partial charge in [0.05, 0.1) is 6.42 Å². The fraction of sp³-hybridized carbons (Fsp3) is 0.250. The molecule has 2 N–H and O–H groups in total. The first-order chi connectivity index (χ1) is 7.25. The Hall–Kier alpha value is -2.18. The maximum atomic E-state index is 10.3. The Labute approximate surface area is 84.1 Å². The lowest BCUT2D eigenvalue weighted by Gasteiger charge is -1.87. The number of aromatic nitrogens is 4. The zero-order valence-electron chi connectivity index (χ0n) is 7.67. The van der Waals surface area contributed by atoms with Crippen LogP contribution in [0.1, 0.15) is 12.3 Å². The molecule has 0 aliphatic carbocycles. The molecule has 15 heavy (non-hydrogen) atoms. The lowest BCUT2D eigenvalue weighted by molar-refractivity contribution is -0.137. The molecule has 78 valence electrons. The second-order valence-corrected chi connectivity index (χ2v) is 2.88. The number of carboxylic acid groups (broad SMARTS) is 1. The molecule has 0 spiro atoms. The van der Waals surface area contributed by atoms with Crippen molar-refractivity contribution in [1.82, 2.24) is 20.3 Å². The Morgan fingerprint density at radius 3 is 3.13 bits per heavy atom. The van der Waals surface area contributed by atoms with E-state index in [0.717, 1.165) is 0 Å². The van der Waals surface area contributed by atoms with E-state index in [9.17, 15) is 4.79 Å². The van der Waals surface area contributed by atoms with E-state index in [1.165, 1.54) is 0 Å². The van der Waals surface area contributed by atoms with Crippen LogP contribution in [0.4, 0.5) is 0 Å². The van der Waals surface area contributed by atoms with E-state index in [-0.39, 0.29) is 12.8 Å². The number of hydrogen-bond acceptors (Lipinski definition) is 5. The number of aliphatic carboxylic acids is 1. The van der Waals surface area contributed by atoms with Gasteiger partial charge in [0.2, 0.25) is 11.7 Å². The second-order valence-electron chi connectivity index (χ2n) is 2.88. The minimum atomic E-state index is -0.892. The van der Waals surface area contributed by atoms with Gasteiger partial charge in [-0.1, -0.05) is 5.16 Å². The molecule has 7 nitrogen and oxygen atoms in total. The van der Waals surface area contributed by atoms with Gasteiger partial charge in [-0.15, -0.1) is 0 Å². The van der Waals surface area contributed by atoms with Gasteiger partial charge in [-0.3, -0.25) is 9.89 Å². The molecule has 2 rings (SSSR count). The lowest BCUT2D eigenvalue weighted by atomic mass is 10.3. The summed E-state index contributed by atoms with van der Waals surface area (Å²) in [5.74, 6) is -0.203. The van der Waals surface area contributed by atoms with Gasteiger partial charge in [0.15, 0.2) is 0 Å². The van der Waals surface area contributed by atoms with Crippen LogP contribution in [0.2, 0.25) is 0 Å². The van der Waals surface area contributed by atoms with E-state index >= 15 is 0 Å². The Morgan fingerprint density at radius 2 is 2.47 bits per heavy atom. The molecule has 0 saturated carbocycles. The van der Waals surface area contributed by atoms with Crippen molar-refractivity contribution in [3.05, 3.63) is 18.2 Å². The Balaban J connectivity index is 2.08. The minimum absolute atomic E-state index is 0.0232. The maximum Gasteiger partial charge on any atom is 0.303 e. The first kappa shape index (κ1) is 9.38. The van der Waals surface area contributed by atoms with E-state index in [1.807, 2.05) is 0 Å². The number of carboxylic acids is 1. The van der Waals surface area contributed by atoms with Crippen LogP contribution < -0.4 is 0 Å². The molecule has 0 aromatic carbocycles. The quantitative estimate of drug-likeness (QED) is 0.756. The number of nitrogens with one attached hydrogen (secondary N) is 1. The summed E-state index contributed by atoms with van der Waals surface area (Å²) < 4.78 is 4.87. The van der Waals surface area contributed by atoms with Crippen molar-refractivity contribution in [1.29, 1.82) is 0 Å². The number of H-pyrrole nitrogens is 1. The number of hydrogen-bond donors (Lipinski definition) is 2. The number of nitrogens with zero attached hydrogens (tertiary/aromatic N) is 3. The summed E-state index contributed by atoms with van der Waals surface area (Å²) in [5.41, 5.74) is 0.639. The molecular formula is C8H8N4O3. The smallest absolute Gasteiger partial charge is 0.303 e. The van der Waals surface area contributed by atoms with Crippen molar-refractivity contribution in [2.75, 3.05) is 0 Å². The Kier molecular flexibility index (Phi) is 2.44. The Morgan fingerprint density at radius 1 is 1.60 bits per heavy atom. The van der Waals surface area contributed by atoms with Crippen LogP contribution in [0.3, 0.4) is 0 Å². The van der Waals surface area contributed by atoms with E-state index in [0.29, 0.717) is 17.4 Å². The zero-order valence-corrected chi connectivity index (χ0v) is 7.67. The topological polar surface area (TPSA) is 105 Å². The molecule has 2 heterocycles. The molecule has 0 fully saturated rings. The normalized spacial score (nSPS) is 10.4. The average molecular weight is 208 g/mol. The van der Waals surface area contributed by atoms with E-state index in [1.54, 1.807) is 12.3 Å². The Bertz CT molecular complexity index is 448. The molecule has 0 aliphatic heterocycles. The van der Waals surface area contributed by atoms with E-state index in [2.05, 4.69) is 20.3 Å². The van der Waals surface area contributed by atoms with Gasteiger partial charge in [-0.2, -0.15) is 10.1 Å². The lowest BCUT2D eigenvalue weighted by Crippen LogP contribution is -1.97. The highest BCUT2D eigenvalue weighted by atomic mass is 16.5. The van der Waals surface area contributed by atoms with Crippen LogP contribution >= 0.6 is 0 Å². The van der Waals surface area contributed by atoms with Crippen molar-refractivity contribution in [2.24, 2.45) is 0 Å². The summed E-state index contributed by atoms with van der Waals surface area (Å²) >= 11 is 0. The minimum Gasteiger partial charge on any atom is -0.481 e. The molecule has 0 saturated heterocycles. The molecule has 0 bridgehead atoms. The summed E-state index contributed by atoms with van der Waals surface area (Å²) in [6.45, 7) is 0. The summed E-state index contributed by atoms with van der Waals surface area (Å²) in [6, 6.07) is 1.70. The highest BCUT2D eigenvalue weighted by Crippen LogP contribution is 2.12. The summed E-state index contributed by atoms with van der Waals surface area (Å²) in [4.78, 5) is 14.3. The van der Waals surface area contributed by atoms with Gasteiger partial charge in [0.25, 0.3) is 0 Å². The summed E-state index contributed by atoms with van der Waals surface area (Å²) in [7, 11) is 0. The molecule has 0 amide bonds. The van der Waals surface area contributed by atoms with Crippen LogP contribution in [0, 0.1) is 0 Å². The SMILES string of the molecule is O=C(O)CCc1nc(-c2ccn[nH]2)no1. The predicted octanol–water partition coefficient (Wildman–Crippen LogP) is 0.477. The predicted molar refractivity (Wildman–Crippen MR) is 47.8 cm³/mol. The molecule has 0 radical (unpaired) electrons. The van der Waals surface area contributed by atoms with Crippen LogP contribution in [-0.4, -0.2) is 31.4 Å². The number of carbonyl (C=O) groups is 1. The summed E-state index contributed by atoms with van der Waals surface area (Å²) in [5, 5.41) is 18.6. The van der Waals surface area contributed by atoms with E-state index < -0.39 is 5.97 Å². The highest BCUT2D eigenvalue weighted by molar-refractivity contribution is 5.66. The first-order valence-corrected chi connectivity index (χ1v) is 4.30. The van der Waals surface area contributed by atoms with Crippen molar-refractivity contribution < 1.29 is 14.4 Å². The standard InChI is InChI=1S/C8H8N4O3/c13-7(14)2-1-6-10-8(12-15-6)5-3-4-9-11-5/h3-4H,1-2H2,(H,9,11)(H,13,14). The fourth-order valence-corrected chi connectivity index (χ4v) is 1.06. The van der Waals surface area contributed by atoms with Gasteiger partial charge in [0, 0.05) is 12.6 Å². The highest BCUT2D eigenvalue weighted by Gasteiger charge is 2.10. The monoisotopic (exact) mass is 208 g/mol. The van der Waals surface area contributed by atoms with Crippen molar-refractivity contribution in [3.8, 4) is 11.5 Å². The molecule has 2 aromatic heterocycles. The molecule has 2 aromatic rings. The third-order valence-electron chi connectivity index (χ3n) is 1.76. The van der Waals surface area contributed by atoms with Gasteiger partial charge < -0.3 is 9.63 Å². The van der Waals surface area contributed by atoms with E-state index in [4.69, 9.17) is 9.63 Å². The molecule has 0 aliphatic rings. The van der Waals surface area contributed by atoms with Gasteiger partial charge in [-0.05, 0) is 6.07 Å². The molecule has 0 unspecified atom stereocenters. The second kappa shape index (κ2) is 3.91. The molecular weight excluding hydrogens is 200 g/mol. The van der Waals surface area contributed by atoms with Gasteiger partial charge in [-0.25, -0.2) is 0 Å². The summed E-state index contributed by atoms with van der Waals surface area (Å²) in [6.07, 6.45) is 1.78. The number of aryl methyl sites for hydroxylation is 1. The van der Waals surface area contributed by atoms with Crippen LogP contribution in [0.15, 0.2) is 16.8 Å². The van der Waals surface area contributed by atoms with Gasteiger partial charge in [0.1, 0.15) is 5.69 Å². The molecule has 0 atom stereocenters. The van der Waals surface area contributed by atoms with Crippen LogP contribution in [0.5, 0.6) is 0 Å². The number of rotatable bonds is 4. The largest absolute Gasteiger partial charge is 0.481 e. The van der Waals surface area contributed by atoms with Crippen LogP contribution in [-0.2, 0) is 11.2 Å². The van der Waals surface area contributed by atoms with Gasteiger partial charge >= 0.3 is 5.97 Å².